The van der Waals surface area contributed by atoms with Gasteiger partial charge in [0.1, 0.15) is 5.70 Å². The highest BCUT2D eigenvalue weighted by molar-refractivity contribution is 8.02. The van der Waals surface area contributed by atoms with E-state index in [-0.39, 0.29) is 34.6 Å². The number of hydrogen-bond acceptors (Lipinski definition) is 8. The van der Waals surface area contributed by atoms with Gasteiger partial charge in [-0.05, 0) is 49.8 Å². The van der Waals surface area contributed by atoms with Crippen molar-refractivity contribution in [3.05, 3.63) is 56.3 Å². The van der Waals surface area contributed by atoms with Gasteiger partial charge in [0.15, 0.2) is 0 Å². The minimum Gasteiger partial charge on any atom is -0.395 e. The quantitative estimate of drug-likeness (QED) is 0.160. The van der Waals surface area contributed by atoms with E-state index in [2.05, 4.69) is 48.2 Å². The monoisotopic (exact) mass is 469 g/mol. The Kier molecular flexibility index (Phi) is 11.2. The number of thioether (sulfide) groups is 1. The van der Waals surface area contributed by atoms with Gasteiger partial charge in [-0.3, -0.25) is 15.0 Å². The van der Waals surface area contributed by atoms with Crippen LogP contribution in [0.2, 0.25) is 0 Å². The molecule has 0 saturated carbocycles. The molecule has 1 saturated heterocycles. The van der Waals surface area contributed by atoms with E-state index in [0.717, 1.165) is 32.4 Å². The van der Waals surface area contributed by atoms with Gasteiger partial charge in [0.05, 0.1) is 24.1 Å². The lowest BCUT2D eigenvalue weighted by Gasteiger charge is -2.37. The zero-order valence-corrected chi connectivity index (χ0v) is 20.1. The lowest BCUT2D eigenvalue weighted by atomic mass is 10.00. The van der Waals surface area contributed by atoms with Crippen LogP contribution in [0.5, 0.6) is 0 Å². The van der Waals surface area contributed by atoms with Gasteiger partial charge in [-0.25, -0.2) is 0 Å². The Bertz CT molecular complexity index is 736. The summed E-state index contributed by atoms with van der Waals surface area (Å²) in [7, 11) is 0. The Morgan fingerprint density at radius 2 is 2.23 bits per heavy atom. The van der Waals surface area contributed by atoms with E-state index in [1.807, 2.05) is 6.08 Å². The maximum atomic E-state index is 11.2. The zero-order valence-electron chi connectivity index (χ0n) is 18.4. The smallest absolute Gasteiger partial charge is 0.270 e. The van der Waals surface area contributed by atoms with Crippen molar-refractivity contribution in [1.29, 1.82) is 0 Å². The molecule has 0 amide bonds. The predicted octanol–water partition coefficient (Wildman–Crippen LogP) is 3.11. The van der Waals surface area contributed by atoms with E-state index >= 15 is 0 Å². The predicted molar refractivity (Wildman–Crippen MR) is 131 cm³/mol. The molecule has 2 unspecified atom stereocenters. The van der Waals surface area contributed by atoms with Crippen molar-refractivity contribution in [2.45, 2.75) is 56.4 Å². The zero-order chi connectivity index (χ0) is 22.8. The minimum absolute atomic E-state index is 0.0419. The minimum atomic E-state index is -0.324. The molecule has 3 atom stereocenters. The highest BCUT2D eigenvalue weighted by Crippen LogP contribution is 2.23. The van der Waals surface area contributed by atoms with Gasteiger partial charge in [-0.15, -0.1) is 11.8 Å². The second-order valence-electron chi connectivity index (χ2n) is 8.08. The summed E-state index contributed by atoms with van der Waals surface area (Å²) in [5, 5.41) is 33.7. The first-order chi connectivity index (χ1) is 14.8. The molecule has 1 fully saturated rings. The Morgan fingerprint density at radius 1 is 1.45 bits per heavy atom. The number of aliphatic hydroxyl groups excluding tert-OH is 2. The van der Waals surface area contributed by atoms with Crippen LogP contribution in [-0.2, 0) is 0 Å². The van der Waals surface area contributed by atoms with Crippen molar-refractivity contribution in [1.82, 2.24) is 10.2 Å². The first-order valence-corrected chi connectivity index (χ1v) is 12.5. The molecule has 9 heteroatoms. The molecule has 0 aromatic rings. The highest BCUT2D eigenvalue weighted by atomic mass is 32.2. The van der Waals surface area contributed by atoms with E-state index in [1.165, 1.54) is 10.5 Å². The molecule has 1 aliphatic carbocycles. The summed E-state index contributed by atoms with van der Waals surface area (Å²) in [5.74, 6) is 0. The van der Waals surface area contributed by atoms with Crippen LogP contribution in [0.1, 0.15) is 39.0 Å². The summed E-state index contributed by atoms with van der Waals surface area (Å²) in [4.78, 5) is 14.5. The molecule has 0 radical (unpaired) electrons. The van der Waals surface area contributed by atoms with E-state index < -0.39 is 0 Å². The van der Waals surface area contributed by atoms with Crippen molar-refractivity contribution in [2.75, 3.05) is 32.5 Å². The number of rotatable bonds is 11. The Hall–Kier alpha value is -1.26. The fourth-order valence-electron chi connectivity index (χ4n) is 3.80. The van der Waals surface area contributed by atoms with E-state index in [9.17, 15) is 20.3 Å². The van der Waals surface area contributed by atoms with Crippen molar-refractivity contribution >= 4 is 24.4 Å². The average molecular weight is 470 g/mol. The van der Waals surface area contributed by atoms with Crippen LogP contribution in [0.3, 0.4) is 0 Å². The summed E-state index contributed by atoms with van der Waals surface area (Å²) in [6.45, 7) is 4.47. The Labute approximate surface area is 194 Å². The van der Waals surface area contributed by atoms with Crippen LogP contribution < -0.4 is 5.32 Å². The third kappa shape index (κ3) is 8.65. The van der Waals surface area contributed by atoms with Crippen molar-refractivity contribution in [2.24, 2.45) is 0 Å². The molecule has 7 nitrogen and oxygen atoms in total. The number of thiol groups is 1. The molecule has 1 heterocycles. The largest absolute Gasteiger partial charge is 0.395 e. The molecule has 1 aliphatic heterocycles. The highest BCUT2D eigenvalue weighted by Gasteiger charge is 2.26. The fourth-order valence-corrected chi connectivity index (χ4v) is 4.55. The maximum absolute atomic E-state index is 11.2. The van der Waals surface area contributed by atoms with Crippen LogP contribution in [0.25, 0.3) is 0 Å². The molecule has 0 aromatic carbocycles. The fraction of sp³-hybridized carbons (Fsp3) is 0.636. The maximum Gasteiger partial charge on any atom is 0.270 e. The molecule has 0 aromatic heterocycles. The molecule has 0 spiro atoms. The third-order valence-corrected chi connectivity index (χ3v) is 6.96. The standard InChI is InChI=1S/C22H35N3O4S2/c1-16(7-10-23-21-6-4-19(30)14-22(21)25(28)29)3-5-20(31-2)9-12-24-11-8-18(27)13-17(24)15-26/h3-6,17-19,23,26-27,30H,7-15H2,1-2H3/b16-3+,20-5-/t17?,18-,19?/m1/s1. The van der Waals surface area contributed by atoms with Gasteiger partial charge in [0.25, 0.3) is 5.70 Å². The summed E-state index contributed by atoms with van der Waals surface area (Å²) in [6, 6.07) is 0.0419. The van der Waals surface area contributed by atoms with Gasteiger partial charge in [0, 0.05) is 30.9 Å². The third-order valence-electron chi connectivity index (χ3n) is 5.74. The number of nitrogens with one attached hydrogen (secondary N) is 1. The SMILES string of the molecule is CS/C(=C\C=C(/C)CCNC1=C([N+](=O)[O-])CC(S)C=C1)CCN1CC[C@@H](O)CC1CO. The van der Waals surface area contributed by atoms with Gasteiger partial charge >= 0.3 is 0 Å². The topological polar surface area (TPSA) is 98.9 Å². The van der Waals surface area contributed by atoms with Gasteiger partial charge in [-0.2, -0.15) is 12.6 Å². The first-order valence-electron chi connectivity index (χ1n) is 10.7. The van der Waals surface area contributed by atoms with Crippen LogP contribution >= 0.6 is 24.4 Å². The van der Waals surface area contributed by atoms with Crippen LogP contribution in [0.15, 0.2) is 46.2 Å². The van der Waals surface area contributed by atoms with Crippen LogP contribution in [-0.4, -0.2) is 69.9 Å². The summed E-state index contributed by atoms with van der Waals surface area (Å²) >= 11 is 6.03. The number of likely N-dealkylation sites (tertiary alicyclic amines) is 1. The van der Waals surface area contributed by atoms with Gasteiger partial charge < -0.3 is 15.5 Å². The first kappa shape index (κ1) is 26.0. The van der Waals surface area contributed by atoms with Crippen LogP contribution in [0.4, 0.5) is 0 Å². The number of nitro groups is 1. The van der Waals surface area contributed by atoms with E-state index in [0.29, 0.717) is 25.1 Å². The second-order valence-corrected chi connectivity index (χ2v) is 9.67. The van der Waals surface area contributed by atoms with E-state index in [4.69, 9.17) is 0 Å². The normalized spacial score (nSPS) is 25.8. The Morgan fingerprint density at radius 3 is 2.90 bits per heavy atom. The molecule has 2 rings (SSSR count). The molecular formula is C22H35N3O4S2. The Balaban J connectivity index is 1.84. The number of nitrogens with zero attached hydrogens (tertiary/aromatic N) is 2. The number of allylic oxidation sites excluding steroid dienone is 4. The molecule has 0 bridgehead atoms. The second kappa shape index (κ2) is 13.3. The lowest BCUT2D eigenvalue weighted by Crippen LogP contribution is -2.46. The average Bonchev–Trinajstić information content (AvgIpc) is 2.75. The lowest BCUT2D eigenvalue weighted by molar-refractivity contribution is -0.429. The summed E-state index contributed by atoms with van der Waals surface area (Å²) in [6.07, 6.45) is 13.1. The molecular weight excluding hydrogens is 434 g/mol. The summed E-state index contributed by atoms with van der Waals surface area (Å²) < 4.78 is 0. The van der Waals surface area contributed by atoms with Crippen molar-refractivity contribution in [3.8, 4) is 0 Å². The molecule has 174 valence electrons. The van der Waals surface area contributed by atoms with Crippen molar-refractivity contribution < 1.29 is 15.1 Å². The van der Waals surface area contributed by atoms with E-state index in [1.54, 1.807) is 17.8 Å². The molecule has 3 N–H and O–H groups in total. The number of piperidine rings is 1. The van der Waals surface area contributed by atoms with Crippen LogP contribution in [0, 0.1) is 10.1 Å². The van der Waals surface area contributed by atoms with Gasteiger partial charge in [0.2, 0.25) is 0 Å². The summed E-state index contributed by atoms with van der Waals surface area (Å²) in [5.41, 5.74) is 1.97. The van der Waals surface area contributed by atoms with Crippen molar-refractivity contribution in [3.63, 3.8) is 0 Å². The number of hydrogen-bond donors (Lipinski definition) is 4. The molecule has 31 heavy (non-hydrogen) atoms. The number of aliphatic hydroxyl groups is 2. The molecule has 2 aliphatic rings. The van der Waals surface area contributed by atoms with Gasteiger partial charge in [-0.1, -0.05) is 23.8 Å².